The molecule has 9 heteroatoms. The molecular formula is C24H31N5O2S2. The molecule has 33 heavy (non-hydrogen) atoms. The van der Waals surface area contributed by atoms with Crippen molar-refractivity contribution in [1.29, 1.82) is 0 Å². The minimum Gasteiger partial charge on any atom is -0.348 e. The van der Waals surface area contributed by atoms with Gasteiger partial charge in [0.2, 0.25) is 5.91 Å². The Hall–Kier alpha value is -2.39. The van der Waals surface area contributed by atoms with Gasteiger partial charge in [-0.2, -0.15) is 4.98 Å². The molecular weight excluding hydrogens is 454 g/mol. The van der Waals surface area contributed by atoms with E-state index in [0.717, 1.165) is 54.3 Å². The fraction of sp³-hybridized carbons (Fsp3) is 0.500. The standard InChI is InChI=1S/C24H31N5O2S2/c1-5-9-29-22(31)20-21(26-23(33-20)28-10-7-6-8-11-28)27-24(29)32-14-18(30)25-19-16(3)12-15(2)13-17(19)4/h12-13H,5-11,14H2,1-4H3,(H,25,30). The Morgan fingerprint density at radius 2 is 1.82 bits per heavy atom. The molecule has 1 fully saturated rings. The third-order valence-corrected chi connectivity index (χ3v) is 7.89. The van der Waals surface area contributed by atoms with Crippen molar-refractivity contribution in [2.24, 2.45) is 0 Å². The summed E-state index contributed by atoms with van der Waals surface area (Å²) < 4.78 is 2.30. The van der Waals surface area contributed by atoms with Gasteiger partial charge >= 0.3 is 0 Å². The van der Waals surface area contributed by atoms with E-state index in [9.17, 15) is 9.59 Å². The first kappa shape index (κ1) is 23.8. The fourth-order valence-electron chi connectivity index (χ4n) is 4.31. The van der Waals surface area contributed by atoms with Crippen LogP contribution in [0.3, 0.4) is 0 Å². The number of rotatable bonds is 7. The first-order valence-corrected chi connectivity index (χ1v) is 13.3. The smallest absolute Gasteiger partial charge is 0.273 e. The molecule has 3 aromatic rings. The second-order valence-electron chi connectivity index (χ2n) is 8.66. The highest BCUT2D eigenvalue weighted by Gasteiger charge is 2.20. The van der Waals surface area contributed by atoms with Crippen LogP contribution in [-0.4, -0.2) is 39.3 Å². The maximum Gasteiger partial charge on any atom is 0.273 e. The van der Waals surface area contributed by atoms with Gasteiger partial charge in [-0.15, -0.1) is 0 Å². The molecule has 7 nitrogen and oxygen atoms in total. The van der Waals surface area contributed by atoms with Crippen LogP contribution in [0.4, 0.5) is 10.8 Å². The number of benzene rings is 1. The van der Waals surface area contributed by atoms with Crippen molar-refractivity contribution in [3.05, 3.63) is 39.2 Å². The van der Waals surface area contributed by atoms with Gasteiger partial charge in [0.15, 0.2) is 15.9 Å². The molecule has 1 aromatic carbocycles. The van der Waals surface area contributed by atoms with Crippen molar-refractivity contribution < 1.29 is 4.79 Å². The molecule has 0 bridgehead atoms. The first-order chi connectivity index (χ1) is 15.9. The SMILES string of the molecule is CCCn1c(SCC(=O)Nc2c(C)cc(C)cc2C)nc2nc(N3CCCCC3)sc2c1=O. The summed E-state index contributed by atoms with van der Waals surface area (Å²) in [4.78, 5) is 37.7. The zero-order valence-corrected chi connectivity index (χ0v) is 21.4. The van der Waals surface area contributed by atoms with E-state index in [1.54, 1.807) is 4.57 Å². The van der Waals surface area contributed by atoms with Gasteiger partial charge in [-0.05, 0) is 57.6 Å². The number of anilines is 2. The molecule has 0 atom stereocenters. The number of thiazole rings is 1. The molecule has 176 valence electrons. The number of nitrogens with one attached hydrogen (secondary N) is 1. The fourth-order valence-corrected chi connectivity index (χ4v) is 6.13. The summed E-state index contributed by atoms with van der Waals surface area (Å²) in [6.07, 6.45) is 4.36. The number of carbonyl (C=O) groups excluding carboxylic acids is 1. The van der Waals surface area contributed by atoms with Crippen LogP contribution in [0.1, 0.15) is 49.3 Å². The van der Waals surface area contributed by atoms with Crippen molar-refractivity contribution >= 4 is 50.2 Å². The molecule has 1 saturated heterocycles. The van der Waals surface area contributed by atoms with Gasteiger partial charge in [0.25, 0.3) is 5.56 Å². The van der Waals surface area contributed by atoms with E-state index < -0.39 is 0 Å². The van der Waals surface area contributed by atoms with Gasteiger partial charge in [-0.25, -0.2) is 4.98 Å². The predicted molar refractivity (Wildman–Crippen MR) is 138 cm³/mol. The van der Waals surface area contributed by atoms with Crippen LogP contribution in [-0.2, 0) is 11.3 Å². The second-order valence-corrected chi connectivity index (χ2v) is 10.6. The Morgan fingerprint density at radius 3 is 2.48 bits per heavy atom. The summed E-state index contributed by atoms with van der Waals surface area (Å²) in [6, 6.07) is 4.12. The molecule has 1 aliphatic heterocycles. The van der Waals surface area contributed by atoms with Crippen LogP contribution in [0.5, 0.6) is 0 Å². The average Bonchev–Trinajstić information content (AvgIpc) is 3.22. The maximum atomic E-state index is 13.3. The van der Waals surface area contributed by atoms with Crippen LogP contribution in [0.25, 0.3) is 10.3 Å². The lowest BCUT2D eigenvalue weighted by molar-refractivity contribution is -0.113. The highest BCUT2D eigenvalue weighted by Crippen LogP contribution is 2.29. The molecule has 2 aromatic heterocycles. The number of thioether (sulfide) groups is 1. The molecule has 0 spiro atoms. The summed E-state index contributed by atoms with van der Waals surface area (Å²) in [5, 5.41) is 4.46. The van der Waals surface area contributed by atoms with Gasteiger partial charge in [0, 0.05) is 25.3 Å². The first-order valence-electron chi connectivity index (χ1n) is 11.5. The number of nitrogens with zero attached hydrogens (tertiary/aromatic N) is 4. The van der Waals surface area contributed by atoms with E-state index in [-0.39, 0.29) is 17.2 Å². The lowest BCUT2D eigenvalue weighted by Gasteiger charge is -2.25. The summed E-state index contributed by atoms with van der Waals surface area (Å²) in [7, 11) is 0. The summed E-state index contributed by atoms with van der Waals surface area (Å²) in [6.45, 7) is 10.6. The summed E-state index contributed by atoms with van der Waals surface area (Å²) in [5.74, 6) is 0.0668. The van der Waals surface area contributed by atoms with Crippen molar-refractivity contribution in [2.45, 2.75) is 65.1 Å². The number of carbonyl (C=O) groups is 1. The zero-order chi connectivity index (χ0) is 23.5. The molecule has 1 amide bonds. The Kier molecular flexibility index (Phi) is 7.38. The van der Waals surface area contributed by atoms with E-state index in [1.165, 1.54) is 35.1 Å². The van der Waals surface area contributed by atoms with Crippen molar-refractivity contribution in [1.82, 2.24) is 14.5 Å². The van der Waals surface area contributed by atoms with Gasteiger partial charge in [-0.3, -0.25) is 14.2 Å². The number of amides is 1. The monoisotopic (exact) mass is 485 g/mol. The Morgan fingerprint density at radius 1 is 1.12 bits per heavy atom. The number of piperidine rings is 1. The molecule has 1 N–H and O–H groups in total. The maximum absolute atomic E-state index is 13.3. The number of hydrogen-bond donors (Lipinski definition) is 1. The molecule has 0 unspecified atom stereocenters. The Labute approximate surface area is 202 Å². The van der Waals surface area contributed by atoms with Gasteiger partial charge in [0.1, 0.15) is 4.70 Å². The van der Waals surface area contributed by atoms with Gasteiger partial charge in [-0.1, -0.05) is 47.7 Å². The topological polar surface area (TPSA) is 80.1 Å². The number of fused-ring (bicyclic) bond motifs is 1. The summed E-state index contributed by atoms with van der Waals surface area (Å²) >= 11 is 2.73. The number of aryl methyl sites for hydroxylation is 3. The van der Waals surface area contributed by atoms with Crippen molar-refractivity contribution in [3.8, 4) is 0 Å². The van der Waals surface area contributed by atoms with E-state index >= 15 is 0 Å². The number of hydrogen-bond acceptors (Lipinski definition) is 7. The molecule has 1 aliphatic rings. The minimum atomic E-state index is -0.111. The highest BCUT2D eigenvalue weighted by atomic mass is 32.2. The van der Waals surface area contributed by atoms with E-state index in [1.807, 2.05) is 27.7 Å². The van der Waals surface area contributed by atoms with Crippen LogP contribution in [0.2, 0.25) is 0 Å². The van der Waals surface area contributed by atoms with E-state index in [0.29, 0.717) is 22.0 Å². The van der Waals surface area contributed by atoms with Crippen LogP contribution < -0.4 is 15.8 Å². The van der Waals surface area contributed by atoms with E-state index in [4.69, 9.17) is 9.97 Å². The number of aromatic nitrogens is 3. The van der Waals surface area contributed by atoms with Crippen LogP contribution >= 0.6 is 23.1 Å². The summed E-state index contributed by atoms with van der Waals surface area (Å²) in [5.41, 5.74) is 4.54. The average molecular weight is 486 g/mol. The van der Waals surface area contributed by atoms with Crippen molar-refractivity contribution in [2.75, 3.05) is 29.1 Å². The third-order valence-electron chi connectivity index (χ3n) is 5.82. The zero-order valence-electron chi connectivity index (χ0n) is 19.7. The second kappa shape index (κ2) is 10.3. The van der Waals surface area contributed by atoms with Gasteiger partial charge < -0.3 is 10.2 Å². The highest BCUT2D eigenvalue weighted by molar-refractivity contribution is 7.99. The van der Waals surface area contributed by atoms with Crippen molar-refractivity contribution in [3.63, 3.8) is 0 Å². The molecule has 0 aliphatic carbocycles. The van der Waals surface area contributed by atoms with Crippen LogP contribution in [0.15, 0.2) is 22.1 Å². The van der Waals surface area contributed by atoms with Gasteiger partial charge in [0.05, 0.1) is 5.75 Å². The normalized spacial score (nSPS) is 14.1. The Balaban J connectivity index is 1.56. The molecule has 4 rings (SSSR count). The van der Waals surface area contributed by atoms with E-state index in [2.05, 4.69) is 22.3 Å². The molecule has 0 saturated carbocycles. The largest absolute Gasteiger partial charge is 0.348 e. The van der Waals surface area contributed by atoms with Crippen LogP contribution in [0, 0.1) is 20.8 Å². The minimum absolute atomic E-state index is 0.0595. The molecule has 3 heterocycles. The Bertz CT molecular complexity index is 1200. The quantitative estimate of drug-likeness (QED) is 0.378. The lowest BCUT2D eigenvalue weighted by atomic mass is 10.1. The third kappa shape index (κ3) is 5.24. The predicted octanol–water partition coefficient (Wildman–Crippen LogP) is 4.91. The molecule has 0 radical (unpaired) electrons. The lowest BCUT2D eigenvalue weighted by Crippen LogP contribution is -2.29.